The SMILES string of the molecule is OC1CCCC(CNc2cc(Cl)nc(C3CC3)n2)C1. The third-order valence-electron chi connectivity index (χ3n) is 3.98. The Hall–Kier alpha value is -0.870. The van der Waals surface area contributed by atoms with Crippen molar-refractivity contribution in [3.63, 3.8) is 0 Å². The first-order valence-corrected chi connectivity index (χ1v) is 7.55. The molecular formula is C14H20ClN3O. The van der Waals surface area contributed by atoms with E-state index >= 15 is 0 Å². The Labute approximate surface area is 118 Å². The molecule has 0 radical (unpaired) electrons. The number of hydrogen-bond donors (Lipinski definition) is 2. The summed E-state index contributed by atoms with van der Waals surface area (Å²) in [5, 5.41) is 13.5. The normalized spacial score (nSPS) is 27.3. The molecule has 0 amide bonds. The summed E-state index contributed by atoms with van der Waals surface area (Å²) in [6, 6.07) is 1.78. The van der Waals surface area contributed by atoms with Crippen LogP contribution in [0.3, 0.4) is 0 Å². The van der Waals surface area contributed by atoms with Gasteiger partial charge in [0, 0.05) is 18.5 Å². The van der Waals surface area contributed by atoms with Gasteiger partial charge in [-0.1, -0.05) is 18.0 Å². The number of aliphatic hydroxyl groups excluding tert-OH is 1. The molecule has 0 bridgehead atoms. The summed E-state index contributed by atoms with van der Waals surface area (Å²) >= 11 is 6.04. The number of aromatic nitrogens is 2. The van der Waals surface area contributed by atoms with Gasteiger partial charge in [0.15, 0.2) is 0 Å². The van der Waals surface area contributed by atoms with Crippen LogP contribution in [0, 0.1) is 5.92 Å². The fraction of sp³-hybridized carbons (Fsp3) is 0.714. The summed E-state index contributed by atoms with van der Waals surface area (Å²) in [5.41, 5.74) is 0. The fourth-order valence-corrected chi connectivity index (χ4v) is 2.94. The molecule has 1 aromatic rings. The van der Waals surface area contributed by atoms with Crippen molar-refractivity contribution in [2.24, 2.45) is 5.92 Å². The molecule has 2 aliphatic rings. The summed E-state index contributed by atoms with van der Waals surface area (Å²) in [6.07, 6.45) is 6.35. The Morgan fingerprint density at radius 3 is 2.84 bits per heavy atom. The smallest absolute Gasteiger partial charge is 0.135 e. The first kappa shape index (κ1) is 13.1. The lowest BCUT2D eigenvalue weighted by atomic mass is 9.87. The van der Waals surface area contributed by atoms with Crippen molar-refractivity contribution in [2.75, 3.05) is 11.9 Å². The Kier molecular flexibility index (Phi) is 3.89. The molecule has 1 aromatic heterocycles. The molecule has 0 aliphatic heterocycles. The zero-order valence-electron chi connectivity index (χ0n) is 11.0. The molecule has 2 saturated carbocycles. The Morgan fingerprint density at radius 1 is 1.26 bits per heavy atom. The van der Waals surface area contributed by atoms with Gasteiger partial charge in [-0.3, -0.25) is 0 Å². The van der Waals surface area contributed by atoms with Crippen LogP contribution in [0.5, 0.6) is 0 Å². The largest absolute Gasteiger partial charge is 0.393 e. The van der Waals surface area contributed by atoms with E-state index in [0.29, 0.717) is 17.0 Å². The van der Waals surface area contributed by atoms with Gasteiger partial charge >= 0.3 is 0 Å². The lowest BCUT2D eigenvalue weighted by Gasteiger charge is -2.26. The Morgan fingerprint density at radius 2 is 2.11 bits per heavy atom. The molecule has 2 unspecified atom stereocenters. The third-order valence-corrected chi connectivity index (χ3v) is 4.18. The number of nitrogens with one attached hydrogen (secondary N) is 1. The topological polar surface area (TPSA) is 58.0 Å². The molecular weight excluding hydrogens is 262 g/mol. The predicted octanol–water partition coefficient (Wildman–Crippen LogP) is 2.97. The van der Waals surface area contributed by atoms with E-state index in [1.807, 2.05) is 0 Å². The number of anilines is 1. The van der Waals surface area contributed by atoms with Crippen LogP contribution >= 0.6 is 11.6 Å². The van der Waals surface area contributed by atoms with Crippen molar-refractivity contribution in [3.8, 4) is 0 Å². The molecule has 1 heterocycles. The molecule has 5 heteroatoms. The highest BCUT2D eigenvalue weighted by molar-refractivity contribution is 6.29. The lowest BCUT2D eigenvalue weighted by molar-refractivity contribution is 0.104. The quantitative estimate of drug-likeness (QED) is 0.833. The number of aliphatic hydroxyl groups is 1. The van der Waals surface area contributed by atoms with Crippen molar-refractivity contribution in [2.45, 2.75) is 50.5 Å². The van der Waals surface area contributed by atoms with Crippen molar-refractivity contribution < 1.29 is 5.11 Å². The Balaban J connectivity index is 1.59. The van der Waals surface area contributed by atoms with E-state index in [9.17, 15) is 5.11 Å². The molecule has 3 rings (SSSR count). The number of hydrogen-bond acceptors (Lipinski definition) is 4. The van der Waals surface area contributed by atoms with Crippen LogP contribution in [-0.2, 0) is 0 Å². The molecule has 2 aliphatic carbocycles. The average molecular weight is 282 g/mol. The number of halogens is 1. The van der Waals surface area contributed by atoms with Gasteiger partial charge in [0.1, 0.15) is 16.8 Å². The molecule has 2 N–H and O–H groups in total. The van der Waals surface area contributed by atoms with Gasteiger partial charge in [0.25, 0.3) is 0 Å². The second-order valence-electron chi connectivity index (χ2n) is 5.78. The van der Waals surface area contributed by atoms with Gasteiger partial charge in [-0.05, 0) is 38.0 Å². The van der Waals surface area contributed by atoms with Gasteiger partial charge in [0.05, 0.1) is 6.10 Å². The van der Waals surface area contributed by atoms with Gasteiger partial charge in [0.2, 0.25) is 0 Å². The van der Waals surface area contributed by atoms with Gasteiger partial charge in [-0.25, -0.2) is 9.97 Å². The molecule has 2 fully saturated rings. The molecule has 2 atom stereocenters. The van der Waals surface area contributed by atoms with E-state index < -0.39 is 0 Å². The minimum absolute atomic E-state index is 0.128. The van der Waals surface area contributed by atoms with Crippen LogP contribution in [0.15, 0.2) is 6.07 Å². The summed E-state index contributed by atoms with van der Waals surface area (Å²) in [5.74, 6) is 2.73. The zero-order valence-corrected chi connectivity index (χ0v) is 11.7. The molecule has 0 saturated heterocycles. The van der Waals surface area contributed by atoms with Crippen molar-refractivity contribution in [1.29, 1.82) is 0 Å². The maximum absolute atomic E-state index is 9.67. The van der Waals surface area contributed by atoms with Crippen LogP contribution in [-0.4, -0.2) is 27.7 Å². The van der Waals surface area contributed by atoms with E-state index in [1.54, 1.807) is 6.07 Å². The minimum Gasteiger partial charge on any atom is -0.393 e. The van der Waals surface area contributed by atoms with Gasteiger partial charge in [-0.2, -0.15) is 0 Å². The van der Waals surface area contributed by atoms with Crippen molar-refractivity contribution in [3.05, 3.63) is 17.0 Å². The molecule has 19 heavy (non-hydrogen) atoms. The van der Waals surface area contributed by atoms with Crippen LogP contribution in [0.1, 0.15) is 50.3 Å². The summed E-state index contributed by atoms with van der Waals surface area (Å²) < 4.78 is 0. The highest BCUT2D eigenvalue weighted by Gasteiger charge is 2.27. The first-order valence-electron chi connectivity index (χ1n) is 7.17. The molecule has 0 aromatic carbocycles. The van der Waals surface area contributed by atoms with E-state index in [1.165, 1.54) is 19.3 Å². The fourth-order valence-electron chi connectivity index (χ4n) is 2.75. The maximum Gasteiger partial charge on any atom is 0.135 e. The molecule has 4 nitrogen and oxygen atoms in total. The van der Waals surface area contributed by atoms with Gasteiger partial charge in [-0.15, -0.1) is 0 Å². The number of rotatable bonds is 4. The van der Waals surface area contributed by atoms with Crippen LogP contribution in [0.25, 0.3) is 0 Å². The summed E-state index contributed by atoms with van der Waals surface area (Å²) in [4.78, 5) is 8.81. The van der Waals surface area contributed by atoms with E-state index in [4.69, 9.17) is 11.6 Å². The zero-order chi connectivity index (χ0) is 13.2. The van der Waals surface area contributed by atoms with Crippen LogP contribution in [0.4, 0.5) is 5.82 Å². The Bertz CT molecular complexity index is 450. The first-order chi connectivity index (χ1) is 9.20. The van der Waals surface area contributed by atoms with Crippen molar-refractivity contribution in [1.82, 2.24) is 9.97 Å². The van der Waals surface area contributed by atoms with Crippen LogP contribution in [0.2, 0.25) is 5.15 Å². The number of nitrogens with zero attached hydrogens (tertiary/aromatic N) is 2. The van der Waals surface area contributed by atoms with E-state index in [0.717, 1.165) is 37.4 Å². The minimum atomic E-state index is -0.128. The highest BCUT2D eigenvalue weighted by atomic mass is 35.5. The summed E-state index contributed by atoms with van der Waals surface area (Å²) in [7, 11) is 0. The summed E-state index contributed by atoms with van der Waals surface area (Å²) in [6.45, 7) is 0.856. The molecule has 104 valence electrons. The average Bonchev–Trinajstić information content (AvgIpc) is 3.20. The molecule has 0 spiro atoms. The van der Waals surface area contributed by atoms with Crippen LogP contribution < -0.4 is 5.32 Å². The third kappa shape index (κ3) is 3.57. The monoisotopic (exact) mass is 281 g/mol. The second kappa shape index (κ2) is 5.63. The van der Waals surface area contributed by atoms with E-state index in [-0.39, 0.29) is 6.10 Å². The van der Waals surface area contributed by atoms with Crippen molar-refractivity contribution >= 4 is 17.4 Å². The van der Waals surface area contributed by atoms with E-state index in [2.05, 4.69) is 15.3 Å². The second-order valence-corrected chi connectivity index (χ2v) is 6.16. The highest BCUT2D eigenvalue weighted by Crippen LogP contribution is 2.38. The maximum atomic E-state index is 9.67. The standard InChI is InChI=1S/C14H20ClN3O/c15-12-7-13(18-14(17-12)10-4-5-10)16-8-9-2-1-3-11(19)6-9/h7,9-11,19H,1-6,8H2,(H,16,17,18). The predicted molar refractivity (Wildman–Crippen MR) is 75.5 cm³/mol. The van der Waals surface area contributed by atoms with Gasteiger partial charge < -0.3 is 10.4 Å². The lowest BCUT2D eigenvalue weighted by Crippen LogP contribution is -2.25.